The minimum atomic E-state index is -0.998. The zero-order valence-electron chi connectivity index (χ0n) is 18.7. The molecule has 1 atom stereocenters. The molecule has 0 aromatic heterocycles. The number of halogens is 1. The molecule has 1 amide bonds. The molecule has 3 aromatic carbocycles. The lowest BCUT2D eigenvalue weighted by Crippen LogP contribution is -2.44. The second-order valence-corrected chi connectivity index (χ2v) is 8.88. The molecule has 0 fully saturated rings. The smallest absolute Gasteiger partial charge is 0.326 e. The standard InChI is InChI=1S/C26H24FN3O3S/c1-15(2)23(25(32)33)30-14-18-13-17(9-12-20(18)24(30)31)16-7-10-19(11-8-16)28-26(34)29-22-6-4-3-5-21(22)27/h3-13,15,23H,14H2,1-2H3,(H,32,33)(H2,28,29,34). The van der Waals surface area contributed by atoms with Crippen LogP contribution in [0.5, 0.6) is 0 Å². The monoisotopic (exact) mass is 477 g/mol. The van der Waals surface area contributed by atoms with Gasteiger partial charge in [-0.1, -0.05) is 44.2 Å². The van der Waals surface area contributed by atoms with Gasteiger partial charge < -0.3 is 20.6 Å². The summed E-state index contributed by atoms with van der Waals surface area (Å²) in [5.74, 6) is -1.84. The largest absolute Gasteiger partial charge is 0.480 e. The van der Waals surface area contributed by atoms with Gasteiger partial charge >= 0.3 is 5.97 Å². The fourth-order valence-corrected chi connectivity index (χ4v) is 4.35. The number of fused-ring (bicyclic) bond motifs is 1. The first-order chi connectivity index (χ1) is 16.2. The Morgan fingerprint density at radius 3 is 2.35 bits per heavy atom. The van der Waals surface area contributed by atoms with Crippen LogP contribution in [0.1, 0.15) is 29.8 Å². The van der Waals surface area contributed by atoms with E-state index < -0.39 is 17.8 Å². The quantitative estimate of drug-likeness (QED) is 0.415. The third-order valence-corrected chi connectivity index (χ3v) is 5.96. The Balaban J connectivity index is 1.47. The summed E-state index contributed by atoms with van der Waals surface area (Å²) in [6, 6.07) is 18.5. The first-order valence-corrected chi connectivity index (χ1v) is 11.2. The van der Waals surface area contributed by atoms with Crippen LogP contribution >= 0.6 is 12.2 Å². The van der Waals surface area contributed by atoms with E-state index in [1.807, 2.05) is 36.4 Å². The molecular formula is C26H24FN3O3S. The van der Waals surface area contributed by atoms with Crippen LogP contribution < -0.4 is 10.6 Å². The van der Waals surface area contributed by atoms with Crippen molar-refractivity contribution in [1.82, 2.24) is 4.90 Å². The summed E-state index contributed by atoms with van der Waals surface area (Å²) < 4.78 is 13.8. The summed E-state index contributed by atoms with van der Waals surface area (Å²) in [4.78, 5) is 25.9. The average Bonchev–Trinajstić information content (AvgIpc) is 3.10. The number of para-hydroxylation sites is 1. The van der Waals surface area contributed by atoms with Gasteiger partial charge in [0.05, 0.1) is 5.69 Å². The Labute approximate surface area is 202 Å². The number of carboxylic acids is 1. The van der Waals surface area contributed by atoms with Crippen molar-refractivity contribution >= 4 is 40.6 Å². The lowest BCUT2D eigenvalue weighted by atomic mass is 10.0. The molecule has 1 aliphatic heterocycles. The molecule has 6 nitrogen and oxygen atoms in total. The summed E-state index contributed by atoms with van der Waals surface area (Å²) in [6.07, 6.45) is 0. The number of amides is 1. The Kier molecular flexibility index (Phi) is 6.61. The predicted octanol–water partition coefficient (Wildman–Crippen LogP) is 5.37. The van der Waals surface area contributed by atoms with Crippen LogP contribution in [-0.4, -0.2) is 33.0 Å². The number of hydrogen-bond donors (Lipinski definition) is 3. The molecule has 1 unspecified atom stereocenters. The summed E-state index contributed by atoms with van der Waals surface area (Å²) >= 11 is 5.27. The van der Waals surface area contributed by atoms with Crippen molar-refractivity contribution in [3.63, 3.8) is 0 Å². The van der Waals surface area contributed by atoms with Crippen LogP contribution in [-0.2, 0) is 11.3 Å². The number of nitrogens with one attached hydrogen (secondary N) is 2. The van der Waals surface area contributed by atoms with Gasteiger partial charge in [-0.05, 0) is 71.2 Å². The van der Waals surface area contributed by atoms with Crippen molar-refractivity contribution in [3.8, 4) is 11.1 Å². The van der Waals surface area contributed by atoms with Crippen LogP contribution in [0, 0.1) is 11.7 Å². The van der Waals surface area contributed by atoms with E-state index in [9.17, 15) is 19.1 Å². The molecule has 1 heterocycles. The maximum Gasteiger partial charge on any atom is 0.326 e. The van der Waals surface area contributed by atoms with E-state index in [0.29, 0.717) is 11.3 Å². The summed E-state index contributed by atoms with van der Waals surface area (Å²) in [7, 11) is 0. The van der Waals surface area contributed by atoms with Crippen molar-refractivity contribution in [3.05, 3.63) is 83.7 Å². The number of rotatable bonds is 6. The first-order valence-electron chi connectivity index (χ1n) is 10.8. The van der Waals surface area contributed by atoms with Crippen LogP contribution in [0.25, 0.3) is 11.1 Å². The maximum atomic E-state index is 13.8. The molecule has 4 rings (SSSR count). The van der Waals surface area contributed by atoms with Crippen molar-refractivity contribution in [1.29, 1.82) is 0 Å². The van der Waals surface area contributed by atoms with Crippen molar-refractivity contribution in [2.75, 3.05) is 10.6 Å². The van der Waals surface area contributed by atoms with E-state index in [-0.39, 0.29) is 23.5 Å². The second kappa shape index (κ2) is 9.61. The van der Waals surface area contributed by atoms with E-state index in [2.05, 4.69) is 10.6 Å². The third kappa shape index (κ3) is 4.77. The molecule has 3 aromatic rings. The summed E-state index contributed by atoms with van der Waals surface area (Å²) in [5, 5.41) is 15.7. The van der Waals surface area contributed by atoms with Crippen molar-refractivity contribution in [2.24, 2.45) is 5.92 Å². The van der Waals surface area contributed by atoms with Gasteiger partial charge in [0.15, 0.2) is 5.11 Å². The van der Waals surface area contributed by atoms with Gasteiger partial charge in [-0.25, -0.2) is 9.18 Å². The zero-order chi connectivity index (χ0) is 24.4. The molecule has 0 bridgehead atoms. The van der Waals surface area contributed by atoms with Gasteiger partial charge in [0.25, 0.3) is 5.91 Å². The SMILES string of the molecule is CC(C)C(C(=O)O)N1Cc2cc(-c3ccc(NC(=S)Nc4ccccc4F)cc3)ccc2C1=O. The van der Waals surface area contributed by atoms with E-state index in [0.717, 1.165) is 22.4 Å². The highest BCUT2D eigenvalue weighted by atomic mass is 32.1. The fourth-order valence-electron chi connectivity index (χ4n) is 4.12. The first kappa shape index (κ1) is 23.4. The molecule has 0 saturated carbocycles. The Morgan fingerprint density at radius 2 is 1.71 bits per heavy atom. The highest BCUT2D eigenvalue weighted by molar-refractivity contribution is 7.80. The number of carbonyl (C=O) groups is 2. The van der Waals surface area contributed by atoms with Crippen molar-refractivity contribution in [2.45, 2.75) is 26.4 Å². The Bertz CT molecular complexity index is 1260. The van der Waals surface area contributed by atoms with Crippen LogP contribution in [0.2, 0.25) is 0 Å². The zero-order valence-corrected chi connectivity index (χ0v) is 19.5. The van der Waals surface area contributed by atoms with E-state index in [4.69, 9.17) is 12.2 Å². The second-order valence-electron chi connectivity index (χ2n) is 8.47. The van der Waals surface area contributed by atoms with Gasteiger partial charge in [0.1, 0.15) is 11.9 Å². The van der Waals surface area contributed by atoms with Gasteiger partial charge in [0, 0.05) is 17.8 Å². The molecule has 8 heteroatoms. The topological polar surface area (TPSA) is 81.7 Å². The van der Waals surface area contributed by atoms with Crippen LogP contribution in [0.15, 0.2) is 66.7 Å². The van der Waals surface area contributed by atoms with E-state index in [1.165, 1.54) is 11.0 Å². The third-order valence-electron chi connectivity index (χ3n) is 5.76. The molecule has 3 N–H and O–H groups in total. The van der Waals surface area contributed by atoms with Gasteiger partial charge in [0.2, 0.25) is 0 Å². The number of aliphatic carboxylic acids is 1. The number of thiocarbonyl (C=S) groups is 1. The number of nitrogens with zero attached hydrogens (tertiary/aromatic N) is 1. The molecule has 0 radical (unpaired) electrons. The number of hydrogen-bond acceptors (Lipinski definition) is 3. The molecular weight excluding hydrogens is 453 g/mol. The minimum absolute atomic E-state index is 0.200. The fraction of sp³-hybridized carbons (Fsp3) is 0.192. The lowest BCUT2D eigenvalue weighted by Gasteiger charge is -2.27. The lowest BCUT2D eigenvalue weighted by molar-refractivity contribution is -0.144. The normalized spacial score (nSPS) is 13.5. The molecule has 174 valence electrons. The molecule has 0 spiro atoms. The Morgan fingerprint density at radius 1 is 1.03 bits per heavy atom. The van der Waals surface area contributed by atoms with Crippen molar-refractivity contribution < 1.29 is 19.1 Å². The van der Waals surface area contributed by atoms with E-state index in [1.54, 1.807) is 38.1 Å². The van der Waals surface area contributed by atoms with Gasteiger partial charge in [-0.2, -0.15) is 0 Å². The van der Waals surface area contributed by atoms with Gasteiger partial charge in [-0.3, -0.25) is 4.79 Å². The van der Waals surface area contributed by atoms with Gasteiger partial charge in [-0.15, -0.1) is 0 Å². The minimum Gasteiger partial charge on any atom is -0.480 e. The number of carbonyl (C=O) groups excluding carboxylic acids is 1. The highest BCUT2D eigenvalue weighted by Gasteiger charge is 2.38. The number of benzene rings is 3. The number of anilines is 2. The summed E-state index contributed by atoms with van der Waals surface area (Å²) in [5.41, 5.74) is 4.24. The molecule has 1 aliphatic rings. The molecule has 0 aliphatic carbocycles. The average molecular weight is 478 g/mol. The van der Waals surface area contributed by atoms with E-state index >= 15 is 0 Å². The summed E-state index contributed by atoms with van der Waals surface area (Å²) in [6.45, 7) is 3.87. The molecule has 34 heavy (non-hydrogen) atoms. The maximum absolute atomic E-state index is 13.8. The molecule has 0 saturated heterocycles. The Hall–Kier alpha value is -3.78. The number of carboxylic acid groups (broad SMARTS) is 1. The highest BCUT2D eigenvalue weighted by Crippen LogP contribution is 2.31. The predicted molar refractivity (Wildman–Crippen MR) is 134 cm³/mol. The van der Waals surface area contributed by atoms with Crippen LogP contribution in [0.4, 0.5) is 15.8 Å². The van der Waals surface area contributed by atoms with Crippen LogP contribution in [0.3, 0.4) is 0 Å².